The SMILES string of the molecule is COc1cc(C)c(N)cc1S(=O)(=O)N1CCCOC(C)C1. The van der Waals surface area contributed by atoms with Crippen molar-refractivity contribution in [3.8, 4) is 5.75 Å². The molecule has 1 unspecified atom stereocenters. The van der Waals surface area contributed by atoms with E-state index < -0.39 is 10.0 Å². The molecule has 21 heavy (non-hydrogen) atoms. The Morgan fingerprint density at radius 3 is 2.81 bits per heavy atom. The molecule has 1 aliphatic rings. The van der Waals surface area contributed by atoms with E-state index in [1.54, 1.807) is 6.07 Å². The highest BCUT2D eigenvalue weighted by Gasteiger charge is 2.30. The Labute approximate surface area is 125 Å². The second-order valence-corrected chi connectivity index (χ2v) is 7.16. The van der Waals surface area contributed by atoms with Gasteiger partial charge in [0.2, 0.25) is 10.0 Å². The van der Waals surface area contributed by atoms with E-state index in [-0.39, 0.29) is 11.0 Å². The molecular formula is C14H22N2O4S. The molecule has 1 heterocycles. The normalized spacial score (nSPS) is 21.0. The van der Waals surface area contributed by atoms with Crippen LogP contribution in [0.1, 0.15) is 18.9 Å². The molecule has 1 saturated heterocycles. The van der Waals surface area contributed by atoms with E-state index >= 15 is 0 Å². The van der Waals surface area contributed by atoms with Crippen molar-refractivity contribution in [3.05, 3.63) is 17.7 Å². The summed E-state index contributed by atoms with van der Waals surface area (Å²) in [7, 11) is -2.20. The zero-order chi connectivity index (χ0) is 15.6. The molecule has 7 heteroatoms. The van der Waals surface area contributed by atoms with E-state index in [4.69, 9.17) is 15.2 Å². The Hall–Kier alpha value is -1.31. The van der Waals surface area contributed by atoms with Gasteiger partial charge in [0.1, 0.15) is 10.6 Å². The van der Waals surface area contributed by atoms with Crippen LogP contribution in [0.25, 0.3) is 0 Å². The molecule has 0 aromatic heterocycles. The lowest BCUT2D eigenvalue weighted by molar-refractivity contribution is 0.0752. The monoisotopic (exact) mass is 314 g/mol. The predicted octanol–water partition coefficient (Wildman–Crippen LogP) is 1.39. The Balaban J connectivity index is 2.45. The Morgan fingerprint density at radius 1 is 1.43 bits per heavy atom. The molecule has 0 saturated carbocycles. The molecule has 0 radical (unpaired) electrons. The topological polar surface area (TPSA) is 81.9 Å². The number of hydrogen-bond donors (Lipinski definition) is 1. The summed E-state index contributed by atoms with van der Waals surface area (Å²) in [5.74, 6) is 0.319. The fraction of sp³-hybridized carbons (Fsp3) is 0.571. The standard InChI is InChI=1S/C14H22N2O4S/c1-10-7-13(19-3)14(8-12(10)15)21(17,18)16-5-4-6-20-11(2)9-16/h7-8,11H,4-6,9,15H2,1-3H3. The van der Waals surface area contributed by atoms with E-state index in [1.165, 1.54) is 17.5 Å². The first kappa shape index (κ1) is 16.1. The molecule has 2 rings (SSSR count). The zero-order valence-electron chi connectivity index (χ0n) is 12.6. The molecule has 0 bridgehead atoms. The van der Waals surface area contributed by atoms with E-state index in [0.717, 1.165) is 5.56 Å². The first-order chi connectivity index (χ1) is 9.86. The molecule has 1 atom stereocenters. The number of sulfonamides is 1. The largest absolute Gasteiger partial charge is 0.495 e. The van der Waals surface area contributed by atoms with E-state index in [0.29, 0.717) is 37.6 Å². The minimum atomic E-state index is -3.65. The van der Waals surface area contributed by atoms with Crippen LogP contribution in [0.5, 0.6) is 5.75 Å². The first-order valence-corrected chi connectivity index (χ1v) is 8.36. The molecular weight excluding hydrogens is 292 g/mol. The van der Waals surface area contributed by atoms with Gasteiger partial charge in [-0.05, 0) is 38.0 Å². The van der Waals surface area contributed by atoms with Crippen LogP contribution < -0.4 is 10.5 Å². The number of hydrogen-bond acceptors (Lipinski definition) is 5. The molecule has 0 amide bonds. The highest BCUT2D eigenvalue weighted by atomic mass is 32.2. The third-order valence-electron chi connectivity index (χ3n) is 3.59. The maximum absolute atomic E-state index is 12.9. The van der Waals surface area contributed by atoms with Crippen LogP contribution >= 0.6 is 0 Å². The second kappa shape index (κ2) is 6.21. The minimum Gasteiger partial charge on any atom is -0.495 e. The van der Waals surface area contributed by atoms with Crippen molar-refractivity contribution < 1.29 is 17.9 Å². The first-order valence-electron chi connectivity index (χ1n) is 6.92. The average Bonchev–Trinajstić information content (AvgIpc) is 2.66. The van der Waals surface area contributed by atoms with Gasteiger partial charge >= 0.3 is 0 Å². The highest BCUT2D eigenvalue weighted by Crippen LogP contribution is 2.31. The van der Waals surface area contributed by atoms with Crippen LogP contribution in [-0.2, 0) is 14.8 Å². The molecule has 1 aromatic carbocycles. The zero-order valence-corrected chi connectivity index (χ0v) is 13.4. The van der Waals surface area contributed by atoms with Gasteiger partial charge in [-0.25, -0.2) is 8.42 Å². The maximum atomic E-state index is 12.9. The molecule has 0 aliphatic carbocycles. The lowest BCUT2D eigenvalue weighted by atomic mass is 10.2. The van der Waals surface area contributed by atoms with Gasteiger partial charge < -0.3 is 15.2 Å². The van der Waals surface area contributed by atoms with Gasteiger partial charge in [-0.15, -0.1) is 0 Å². The molecule has 1 aromatic rings. The lowest BCUT2D eigenvalue weighted by Gasteiger charge is -2.23. The van der Waals surface area contributed by atoms with Crippen molar-refractivity contribution in [2.24, 2.45) is 0 Å². The third-order valence-corrected chi connectivity index (χ3v) is 5.47. The summed E-state index contributed by atoms with van der Waals surface area (Å²) in [5.41, 5.74) is 7.09. The summed E-state index contributed by atoms with van der Waals surface area (Å²) in [6.45, 7) is 5.02. The number of nitrogens with two attached hydrogens (primary N) is 1. The van der Waals surface area contributed by atoms with Gasteiger partial charge in [0, 0.05) is 25.4 Å². The van der Waals surface area contributed by atoms with Crippen molar-refractivity contribution in [3.63, 3.8) is 0 Å². The van der Waals surface area contributed by atoms with Gasteiger partial charge in [0.05, 0.1) is 13.2 Å². The smallest absolute Gasteiger partial charge is 0.246 e. The number of nitrogens with zero attached hydrogens (tertiary/aromatic N) is 1. The lowest BCUT2D eigenvalue weighted by Crippen LogP contribution is -2.36. The fourth-order valence-corrected chi connectivity index (χ4v) is 4.08. The van der Waals surface area contributed by atoms with Crippen molar-refractivity contribution >= 4 is 15.7 Å². The molecule has 6 nitrogen and oxygen atoms in total. The van der Waals surface area contributed by atoms with Gasteiger partial charge in [-0.1, -0.05) is 0 Å². The number of anilines is 1. The Bertz CT molecular complexity index is 616. The van der Waals surface area contributed by atoms with Crippen molar-refractivity contribution in [2.45, 2.75) is 31.3 Å². The number of methoxy groups -OCH3 is 1. The van der Waals surface area contributed by atoms with Gasteiger partial charge in [-0.3, -0.25) is 0 Å². The van der Waals surface area contributed by atoms with Gasteiger partial charge in [0.25, 0.3) is 0 Å². The number of nitrogen functional groups attached to an aromatic ring is 1. The predicted molar refractivity (Wildman–Crippen MR) is 80.9 cm³/mol. The van der Waals surface area contributed by atoms with Crippen molar-refractivity contribution in [2.75, 3.05) is 32.5 Å². The molecule has 118 valence electrons. The minimum absolute atomic E-state index is 0.113. The fourth-order valence-electron chi connectivity index (χ4n) is 2.35. The van der Waals surface area contributed by atoms with Crippen LogP contribution in [-0.4, -0.2) is 45.6 Å². The molecule has 0 spiro atoms. The summed E-state index contributed by atoms with van der Waals surface area (Å²) >= 11 is 0. The van der Waals surface area contributed by atoms with Crippen LogP contribution in [0.2, 0.25) is 0 Å². The number of rotatable bonds is 3. The summed E-state index contributed by atoms with van der Waals surface area (Å²) in [4.78, 5) is 0.113. The third kappa shape index (κ3) is 3.30. The summed E-state index contributed by atoms with van der Waals surface area (Å²) in [6.07, 6.45) is 0.545. The van der Waals surface area contributed by atoms with Crippen molar-refractivity contribution in [1.29, 1.82) is 0 Å². The maximum Gasteiger partial charge on any atom is 0.246 e. The Morgan fingerprint density at radius 2 is 2.14 bits per heavy atom. The van der Waals surface area contributed by atoms with Crippen LogP contribution in [0.3, 0.4) is 0 Å². The van der Waals surface area contributed by atoms with Crippen molar-refractivity contribution in [1.82, 2.24) is 4.31 Å². The molecule has 1 fully saturated rings. The summed E-state index contributed by atoms with van der Waals surface area (Å²) in [6, 6.07) is 3.12. The quantitative estimate of drug-likeness (QED) is 0.853. The molecule has 1 aliphatic heterocycles. The van der Waals surface area contributed by atoms with E-state index in [2.05, 4.69) is 0 Å². The average molecular weight is 314 g/mol. The van der Waals surface area contributed by atoms with Gasteiger partial charge in [-0.2, -0.15) is 4.31 Å². The summed E-state index contributed by atoms with van der Waals surface area (Å²) < 4.78 is 37.9. The van der Waals surface area contributed by atoms with Gasteiger partial charge in [0.15, 0.2) is 0 Å². The van der Waals surface area contributed by atoms with Crippen LogP contribution in [0.4, 0.5) is 5.69 Å². The van der Waals surface area contributed by atoms with E-state index in [9.17, 15) is 8.42 Å². The second-order valence-electron chi connectivity index (χ2n) is 5.26. The summed E-state index contributed by atoms with van der Waals surface area (Å²) in [5, 5.41) is 0. The Kier molecular flexibility index (Phi) is 4.75. The van der Waals surface area contributed by atoms with E-state index in [1.807, 2.05) is 13.8 Å². The number of benzene rings is 1. The van der Waals surface area contributed by atoms with Crippen LogP contribution in [0.15, 0.2) is 17.0 Å². The van der Waals surface area contributed by atoms with Crippen LogP contribution in [0, 0.1) is 6.92 Å². The molecule has 2 N–H and O–H groups in total. The number of aryl methyl sites for hydroxylation is 1. The number of ether oxygens (including phenoxy) is 2. The highest BCUT2D eigenvalue weighted by molar-refractivity contribution is 7.89.